The first-order chi connectivity index (χ1) is 18.2. The topological polar surface area (TPSA) is 52.1 Å². The predicted molar refractivity (Wildman–Crippen MR) is 153 cm³/mol. The first-order valence-electron chi connectivity index (χ1n) is 14.4. The summed E-state index contributed by atoms with van der Waals surface area (Å²) >= 11 is 0. The van der Waals surface area contributed by atoms with Crippen LogP contribution in [0, 0.1) is 0 Å². The SMILES string of the molecule is CCCCCCCCCc1ccc(-c2cnc(OC(=O)c3ccc(CCCCCCC)cc3)nc2)cc1. The molecule has 0 atom stereocenters. The van der Waals surface area contributed by atoms with Gasteiger partial charge in [0, 0.05) is 18.0 Å². The third-order valence-corrected chi connectivity index (χ3v) is 6.93. The molecule has 1 aromatic heterocycles. The summed E-state index contributed by atoms with van der Waals surface area (Å²) in [5.74, 6) is -0.433. The van der Waals surface area contributed by atoms with Crippen molar-refractivity contribution in [2.45, 2.75) is 104 Å². The summed E-state index contributed by atoms with van der Waals surface area (Å²) in [6.45, 7) is 4.49. The Morgan fingerprint density at radius 3 is 1.57 bits per heavy atom. The lowest BCUT2D eigenvalue weighted by atomic mass is 10.0. The highest BCUT2D eigenvalue weighted by Gasteiger charge is 2.11. The van der Waals surface area contributed by atoms with Crippen molar-refractivity contribution in [1.29, 1.82) is 0 Å². The molecular formula is C33H44N2O2. The third kappa shape index (κ3) is 10.5. The molecule has 4 heteroatoms. The van der Waals surface area contributed by atoms with Crippen molar-refractivity contribution < 1.29 is 9.53 Å². The van der Waals surface area contributed by atoms with Crippen molar-refractivity contribution >= 4 is 5.97 Å². The summed E-state index contributed by atoms with van der Waals surface area (Å²) in [5.41, 5.74) is 5.10. The van der Waals surface area contributed by atoms with Crippen LogP contribution in [-0.4, -0.2) is 15.9 Å². The monoisotopic (exact) mass is 500 g/mol. The quantitative estimate of drug-likeness (QED) is 0.137. The van der Waals surface area contributed by atoms with Crippen LogP contribution in [0.4, 0.5) is 0 Å². The second kappa shape index (κ2) is 16.7. The van der Waals surface area contributed by atoms with Gasteiger partial charge in [-0.25, -0.2) is 14.8 Å². The van der Waals surface area contributed by atoms with E-state index in [0.717, 1.165) is 24.0 Å². The van der Waals surface area contributed by atoms with Gasteiger partial charge in [-0.3, -0.25) is 0 Å². The molecule has 0 bridgehead atoms. The molecule has 0 saturated heterocycles. The van der Waals surface area contributed by atoms with Gasteiger partial charge in [0.05, 0.1) is 5.56 Å². The molecule has 0 fully saturated rings. The van der Waals surface area contributed by atoms with E-state index in [-0.39, 0.29) is 6.01 Å². The minimum Gasteiger partial charge on any atom is -0.387 e. The maximum Gasteiger partial charge on any atom is 0.345 e. The zero-order valence-electron chi connectivity index (χ0n) is 22.9. The summed E-state index contributed by atoms with van der Waals surface area (Å²) in [6.07, 6.45) is 21.2. The van der Waals surface area contributed by atoms with Gasteiger partial charge in [0.15, 0.2) is 0 Å². The molecule has 0 unspecified atom stereocenters. The number of benzene rings is 2. The van der Waals surface area contributed by atoms with E-state index in [2.05, 4.69) is 48.1 Å². The molecule has 4 nitrogen and oxygen atoms in total. The summed E-state index contributed by atoms with van der Waals surface area (Å²) in [4.78, 5) is 21.0. The summed E-state index contributed by atoms with van der Waals surface area (Å²) in [7, 11) is 0. The van der Waals surface area contributed by atoms with Crippen molar-refractivity contribution in [2.24, 2.45) is 0 Å². The Kier molecular flexibility index (Phi) is 12.9. The fourth-order valence-corrected chi connectivity index (χ4v) is 4.55. The molecule has 1 heterocycles. The van der Waals surface area contributed by atoms with E-state index in [4.69, 9.17) is 4.74 Å². The van der Waals surface area contributed by atoms with E-state index in [1.54, 1.807) is 12.4 Å². The summed E-state index contributed by atoms with van der Waals surface area (Å²) in [5, 5.41) is 0. The summed E-state index contributed by atoms with van der Waals surface area (Å²) in [6, 6.07) is 16.4. The molecule has 0 radical (unpaired) electrons. The molecule has 0 saturated carbocycles. The van der Waals surface area contributed by atoms with Crippen molar-refractivity contribution in [2.75, 3.05) is 0 Å². The Labute approximate surface area is 223 Å². The van der Waals surface area contributed by atoms with Gasteiger partial charge in [-0.05, 0) is 54.5 Å². The molecular weight excluding hydrogens is 456 g/mol. The second-order valence-electron chi connectivity index (χ2n) is 10.1. The van der Waals surface area contributed by atoms with Gasteiger partial charge in [-0.1, -0.05) is 114 Å². The van der Waals surface area contributed by atoms with Crippen LogP contribution in [0.2, 0.25) is 0 Å². The van der Waals surface area contributed by atoms with Crippen LogP contribution in [0.1, 0.15) is 112 Å². The van der Waals surface area contributed by atoms with Gasteiger partial charge in [0.25, 0.3) is 0 Å². The van der Waals surface area contributed by atoms with Crippen LogP contribution < -0.4 is 4.74 Å². The molecule has 2 aromatic carbocycles. The highest BCUT2D eigenvalue weighted by molar-refractivity contribution is 5.90. The summed E-state index contributed by atoms with van der Waals surface area (Å²) < 4.78 is 5.40. The van der Waals surface area contributed by atoms with Crippen molar-refractivity contribution in [3.05, 3.63) is 77.6 Å². The standard InChI is InChI=1S/C33H44N2O2/c1-3-5-7-9-10-12-14-16-27-17-21-29(22-18-27)31-25-34-33(35-26-31)37-32(36)30-23-19-28(20-24-30)15-13-11-8-6-4-2/h17-26H,3-16H2,1-2H3. The molecule has 198 valence electrons. The van der Waals surface area contributed by atoms with Crippen LogP contribution in [0.25, 0.3) is 11.1 Å². The number of aryl methyl sites for hydroxylation is 2. The minimum atomic E-state index is -0.433. The van der Waals surface area contributed by atoms with E-state index in [9.17, 15) is 4.79 Å². The molecule has 0 aliphatic heterocycles. The zero-order chi connectivity index (χ0) is 26.1. The lowest BCUT2D eigenvalue weighted by Gasteiger charge is -2.07. The number of unbranched alkanes of at least 4 members (excludes halogenated alkanes) is 10. The maximum atomic E-state index is 12.5. The Bertz CT molecular complexity index is 1030. The van der Waals surface area contributed by atoms with Crippen LogP contribution in [0.15, 0.2) is 60.9 Å². The molecule has 0 N–H and O–H groups in total. The van der Waals surface area contributed by atoms with Gasteiger partial charge in [0.2, 0.25) is 0 Å². The Morgan fingerprint density at radius 2 is 1.05 bits per heavy atom. The third-order valence-electron chi connectivity index (χ3n) is 6.93. The first-order valence-corrected chi connectivity index (χ1v) is 14.4. The van der Waals surface area contributed by atoms with E-state index in [1.807, 2.05) is 24.3 Å². The average molecular weight is 501 g/mol. The number of carbonyl (C=O) groups excluding carboxylic acids is 1. The Balaban J connectivity index is 1.42. The molecule has 0 aliphatic rings. The minimum absolute atomic E-state index is 0.0734. The number of carbonyl (C=O) groups is 1. The maximum absolute atomic E-state index is 12.5. The number of nitrogens with zero attached hydrogens (tertiary/aromatic N) is 2. The number of hydrogen-bond donors (Lipinski definition) is 0. The van der Waals surface area contributed by atoms with Gasteiger partial charge >= 0.3 is 12.0 Å². The Hall–Kier alpha value is -3.01. The van der Waals surface area contributed by atoms with E-state index in [0.29, 0.717) is 5.56 Å². The van der Waals surface area contributed by atoms with Gasteiger partial charge in [-0.2, -0.15) is 0 Å². The molecule has 0 amide bonds. The lowest BCUT2D eigenvalue weighted by molar-refractivity contribution is 0.0719. The smallest absolute Gasteiger partial charge is 0.345 e. The highest BCUT2D eigenvalue weighted by atomic mass is 16.5. The average Bonchev–Trinajstić information content (AvgIpc) is 2.93. The lowest BCUT2D eigenvalue weighted by Crippen LogP contribution is -2.10. The number of esters is 1. The van der Waals surface area contributed by atoms with E-state index < -0.39 is 5.97 Å². The second-order valence-corrected chi connectivity index (χ2v) is 10.1. The predicted octanol–water partition coefficient (Wildman–Crippen LogP) is 9.17. The molecule has 3 rings (SSSR count). The van der Waals surface area contributed by atoms with Gasteiger partial charge in [-0.15, -0.1) is 0 Å². The fraction of sp³-hybridized carbons (Fsp3) is 0.485. The van der Waals surface area contributed by atoms with Crippen molar-refractivity contribution in [3.63, 3.8) is 0 Å². The first kappa shape index (κ1) is 28.6. The highest BCUT2D eigenvalue weighted by Crippen LogP contribution is 2.21. The number of ether oxygens (including phenoxy) is 1. The number of hydrogen-bond acceptors (Lipinski definition) is 4. The van der Waals surface area contributed by atoms with Crippen LogP contribution >= 0.6 is 0 Å². The number of aromatic nitrogens is 2. The molecule has 0 spiro atoms. The van der Waals surface area contributed by atoms with E-state index >= 15 is 0 Å². The molecule has 3 aromatic rings. The Morgan fingerprint density at radius 1 is 0.595 bits per heavy atom. The normalized spacial score (nSPS) is 11.0. The van der Waals surface area contributed by atoms with E-state index in [1.165, 1.54) is 88.2 Å². The molecule has 37 heavy (non-hydrogen) atoms. The van der Waals surface area contributed by atoms with Gasteiger partial charge < -0.3 is 4.74 Å². The largest absolute Gasteiger partial charge is 0.387 e. The van der Waals surface area contributed by atoms with Crippen molar-refractivity contribution in [1.82, 2.24) is 9.97 Å². The van der Waals surface area contributed by atoms with Crippen molar-refractivity contribution in [3.8, 4) is 17.1 Å². The fourth-order valence-electron chi connectivity index (χ4n) is 4.55. The van der Waals surface area contributed by atoms with Crippen LogP contribution in [0.5, 0.6) is 6.01 Å². The van der Waals surface area contributed by atoms with Gasteiger partial charge in [0.1, 0.15) is 0 Å². The van der Waals surface area contributed by atoms with Crippen LogP contribution in [-0.2, 0) is 12.8 Å². The zero-order valence-corrected chi connectivity index (χ0v) is 22.9. The molecule has 0 aliphatic carbocycles. The number of rotatable bonds is 17. The van der Waals surface area contributed by atoms with Crippen LogP contribution in [0.3, 0.4) is 0 Å².